The summed E-state index contributed by atoms with van der Waals surface area (Å²) in [4.78, 5) is 45.5. The topological polar surface area (TPSA) is 54.5 Å². The minimum Gasteiger partial charge on any atom is -0.352 e. The summed E-state index contributed by atoms with van der Waals surface area (Å²) in [6.45, 7) is 0. The lowest BCUT2D eigenvalue weighted by molar-refractivity contribution is 0.0666. The molecule has 0 radical (unpaired) electrons. The summed E-state index contributed by atoms with van der Waals surface area (Å²) in [6, 6.07) is 25.2. The number of carbonyl (C=O) groups is 3. The summed E-state index contributed by atoms with van der Waals surface area (Å²) in [7, 11) is 0. The molecule has 0 amide bonds. The van der Waals surface area contributed by atoms with Gasteiger partial charge in [-0.05, 0) is 47.5 Å². The lowest BCUT2D eigenvalue weighted by Gasteiger charge is -2.37. The van der Waals surface area contributed by atoms with Crippen LogP contribution < -0.4 is 4.90 Å². The molecule has 6 heteroatoms. The Labute approximate surface area is 229 Å². The predicted molar refractivity (Wildman–Crippen MR) is 148 cm³/mol. The van der Waals surface area contributed by atoms with Gasteiger partial charge in [-0.15, -0.1) is 0 Å². The Morgan fingerprint density at radius 1 is 0.795 bits per heavy atom. The van der Waals surface area contributed by atoms with Gasteiger partial charge in [-0.3, -0.25) is 14.4 Å². The fourth-order valence-corrected chi connectivity index (χ4v) is 7.03. The van der Waals surface area contributed by atoms with Crippen LogP contribution in [0.5, 0.6) is 0 Å². The molecular weight excluding hydrogens is 513 g/mol. The second kappa shape index (κ2) is 8.58. The molecule has 0 N–H and O–H groups in total. The molecule has 1 saturated heterocycles. The molecule has 1 spiro atoms. The lowest BCUT2D eigenvalue weighted by atomic mass is 9.64. The summed E-state index contributed by atoms with van der Waals surface area (Å²) in [5.41, 5.74) is 1.53. The predicted octanol–water partition coefficient (Wildman–Crippen LogP) is 6.80. The van der Waals surface area contributed by atoms with Crippen LogP contribution >= 0.6 is 11.6 Å². The van der Waals surface area contributed by atoms with E-state index in [1.165, 1.54) is 24.3 Å². The van der Waals surface area contributed by atoms with Crippen molar-refractivity contribution in [3.63, 3.8) is 0 Å². The second-order valence-corrected chi connectivity index (χ2v) is 10.6. The zero-order valence-corrected chi connectivity index (χ0v) is 21.3. The number of hydrogen-bond donors (Lipinski definition) is 0. The first-order valence-electron chi connectivity index (χ1n) is 12.7. The molecule has 0 aromatic heterocycles. The van der Waals surface area contributed by atoms with Gasteiger partial charge in [0.1, 0.15) is 17.3 Å². The minimum absolute atomic E-state index is 0.289. The number of para-hydroxylation sites is 1. The number of halogens is 2. The van der Waals surface area contributed by atoms with Crippen molar-refractivity contribution in [1.29, 1.82) is 0 Å². The molecule has 4 aromatic carbocycles. The van der Waals surface area contributed by atoms with Gasteiger partial charge in [-0.2, -0.15) is 0 Å². The molecule has 1 unspecified atom stereocenters. The number of Topliss-reactive ketones (excluding diaryl/α,β-unsaturated/α-hetero) is 3. The van der Waals surface area contributed by atoms with Crippen LogP contribution in [0.25, 0.3) is 6.08 Å². The summed E-state index contributed by atoms with van der Waals surface area (Å²) in [6.07, 6.45) is 3.78. The molecule has 3 atom stereocenters. The Bertz CT molecular complexity index is 1690. The number of fused-ring (bicyclic) bond motifs is 5. The molecule has 1 fully saturated rings. The van der Waals surface area contributed by atoms with Crippen molar-refractivity contribution in [2.45, 2.75) is 18.0 Å². The average Bonchev–Trinajstić information content (AvgIpc) is 3.39. The Kier molecular flexibility index (Phi) is 5.23. The third kappa shape index (κ3) is 3.14. The Morgan fingerprint density at radius 2 is 1.41 bits per heavy atom. The standard InChI is InChI=1S/C33H21ClFNO3/c34-25-11-5-4-10-24(25)28-29(30(37)20-13-16-21(35)17-14-20)36-26-12-6-1-7-19(26)15-18-27(36)33(28)31(38)22-8-2-3-9-23(22)32(33)39/h1-18,27-29H/t27?,28-,29+/m0/s1. The third-order valence-electron chi connectivity index (χ3n) is 8.35. The highest BCUT2D eigenvalue weighted by molar-refractivity contribution is 6.34. The first kappa shape index (κ1) is 23.7. The van der Waals surface area contributed by atoms with Crippen LogP contribution in [0.15, 0.2) is 103 Å². The van der Waals surface area contributed by atoms with Gasteiger partial charge >= 0.3 is 0 Å². The molecule has 3 aliphatic rings. The number of hydrogen-bond acceptors (Lipinski definition) is 4. The highest BCUT2D eigenvalue weighted by Crippen LogP contribution is 2.61. The van der Waals surface area contributed by atoms with Crippen molar-refractivity contribution in [2.24, 2.45) is 5.41 Å². The molecule has 2 aliphatic heterocycles. The summed E-state index contributed by atoms with van der Waals surface area (Å²) >= 11 is 6.79. The van der Waals surface area contributed by atoms with Gasteiger partial charge < -0.3 is 4.90 Å². The number of benzene rings is 4. The first-order valence-corrected chi connectivity index (χ1v) is 13.1. The zero-order valence-electron chi connectivity index (χ0n) is 20.6. The molecule has 4 nitrogen and oxygen atoms in total. The SMILES string of the molecule is O=C(c1ccc(F)cc1)[C@H]1[C@H](c2ccccc2Cl)C2(C(=O)c3ccccc3C2=O)C2C=Cc3ccccc3N21. The normalized spacial score (nSPS) is 22.1. The molecule has 2 heterocycles. The van der Waals surface area contributed by atoms with Gasteiger partial charge in [-0.1, -0.05) is 84.4 Å². The maximum Gasteiger partial charge on any atom is 0.185 e. The van der Waals surface area contributed by atoms with E-state index in [1.54, 1.807) is 48.5 Å². The minimum atomic E-state index is -1.63. The highest BCUT2D eigenvalue weighted by atomic mass is 35.5. The van der Waals surface area contributed by atoms with E-state index < -0.39 is 29.2 Å². The zero-order chi connectivity index (χ0) is 26.9. The van der Waals surface area contributed by atoms with Crippen molar-refractivity contribution in [1.82, 2.24) is 0 Å². The van der Waals surface area contributed by atoms with Crippen molar-refractivity contribution in [3.8, 4) is 0 Å². The van der Waals surface area contributed by atoms with Gasteiger partial charge in [0.05, 0.1) is 6.04 Å². The molecule has 4 aromatic rings. The molecule has 0 saturated carbocycles. The first-order chi connectivity index (χ1) is 18.9. The number of rotatable bonds is 3. The van der Waals surface area contributed by atoms with E-state index in [-0.39, 0.29) is 22.9 Å². The number of ketones is 3. The van der Waals surface area contributed by atoms with Crippen molar-refractivity contribution in [2.75, 3.05) is 4.90 Å². The molecule has 0 bridgehead atoms. The molecule has 7 rings (SSSR count). The average molecular weight is 534 g/mol. The lowest BCUT2D eigenvalue weighted by Crippen LogP contribution is -2.48. The van der Waals surface area contributed by atoms with E-state index in [9.17, 15) is 18.8 Å². The Hall–Kier alpha value is -4.35. The summed E-state index contributed by atoms with van der Waals surface area (Å²) in [5, 5.41) is 0.368. The third-order valence-corrected chi connectivity index (χ3v) is 8.69. The van der Waals surface area contributed by atoms with E-state index >= 15 is 0 Å². The summed E-state index contributed by atoms with van der Waals surface area (Å²) < 4.78 is 13.8. The molecular formula is C33H21ClFNO3. The quantitative estimate of drug-likeness (QED) is 0.215. The van der Waals surface area contributed by atoms with E-state index in [2.05, 4.69) is 0 Å². The second-order valence-electron chi connectivity index (χ2n) is 10.2. The van der Waals surface area contributed by atoms with Gasteiger partial charge in [0.2, 0.25) is 0 Å². The van der Waals surface area contributed by atoms with Crippen LogP contribution in [0.2, 0.25) is 5.02 Å². The van der Waals surface area contributed by atoms with Crippen LogP contribution in [-0.2, 0) is 0 Å². The van der Waals surface area contributed by atoms with Gasteiger partial charge in [0.15, 0.2) is 17.3 Å². The van der Waals surface area contributed by atoms with Crippen molar-refractivity contribution >= 4 is 40.7 Å². The fraction of sp³-hybridized carbons (Fsp3) is 0.121. The van der Waals surface area contributed by atoms with Crippen LogP contribution in [0.1, 0.15) is 48.1 Å². The highest BCUT2D eigenvalue weighted by Gasteiger charge is 2.71. The van der Waals surface area contributed by atoms with Gasteiger partial charge in [0, 0.05) is 33.3 Å². The van der Waals surface area contributed by atoms with Crippen LogP contribution in [0.4, 0.5) is 10.1 Å². The molecule has 190 valence electrons. The van der Waals surface area contributed by atoms with E-state index in [0.717, 1.165) is 11.3 Å². The number of carbonyl (C=O) groups excluding carboxylic acids is 3. The van der Waals surface area contributed by atoms with Gasteiger partial charge in [-0.25, -0.2) is 4.39 Å². The van der Waals surface area contributed by atoms with E-state index in [0.29, 0.717) is 21.7 Å². The maximum absolute atomic E-state index is 14.6. The fourth-order valence-electron chi connectivity index (χ4n) is 6.77. The number of anilines is 1. The van der Waals surface area contributed by atoms with Crippen LogP contribution in [0.3, 0.4) is 0 Å². The monoisotopic (exact) mass is 533 g/mol. The van der Waals surface area contributed by atoms with E-state index in [1.807, 2.05) is 41.3 Å². The Morgan fingerprint density at radius 3 is 2.10 bits per heavy atom. The largest absolute Gasteiger partial charge is 0.352 e. The molecule has 39 heavy (non-hydrogen) atoms. The Balaban J connectivity index is 1.56. The van der Waals surface area contributed by atoms with Crippen molar-refractivity contribution in [3.05, 3.63) is 142 Å². The molecule has 1 aliphatic carbocycles. The summed E-state index contributed by atoms with van der Waals surface area (Å²) in [5.74, 6) is -2.32. The van der Waals surface area contributed by atoms with E-state index in [4.69, 9.17) is 11.6 Å². The van der Waals surface area contributed by atoms with Crippen molar-refractivity contribution < 1.29 is 18.8 Å². The number of nitrogens with zero attached hydrogens (tertiary/aromatic N) is 1. The van der Waals surface area contributed by atoms with Crippen LogP contribution in [0, 0.1) is 11.2 Å². The maximum atomic E-state index is 14.6. The smallest absolute Gasteiger partial charge is 0.185 e. The van der Waals surface area contributed by atoms with Gasteiger partial charge in [0.25, 0.3) is 0 Å². The van der Waals surface area contributed by atoms with Crippen LogP contribution in [-0.4, -0.2) is 29.4 Å².